The zero-order valence-electron chi connectivity index (χ0n) is 9.56. The van der Waals surface area contributed by atoms with Crippen LogP contribution in [0.3, 0.4) is 0 Å². The van der Waals surface area contributed by atoms with Crippen LogP contribution in [0.5, 0.6) is 0 Å². The normalized spacial score (nSPS) is 12.8. The summed E-state index contributed by atoms with van der Waals surface area (Å²) in [4.78, 5) is 4.43. The van der Waals surface area contributed by atoms with Gasteiger partial charge in [-0.15, -0.1) is 22.9 Å². The Hall–Kier alpha value is -0.840. The van der Waals surface area contributed by atoms with Crippen LogP contribution in [0.2, 0.25) is 0 Å². The minimum atomic E-state index is 0.0158. The quantitative estimate of drug-likeness (QED) is 0.741. The van der Waals surface area contributed by atoms with E-state index in [1.54, 1.807) is 17.6 Å². The minimum absolute atomic E-state index is 0.0158. The van der Waals surface area contributed by atoms with Gasteiger partial charge in [0, 0.05) is 5.38 Å². The molecular weight excluding hydrogens is 258 g/mol. The average molecular weight is 272 g/mol. The standard InChI is InChI=1S/C12H14ClNO2S/c1-2-11(12-14-9(6-13)8-17-12)16-7-10-4-3-5-15-10/h3-5,8,11H,2,6-7H2,1H3. The average Bonchev–Trinajstić information content (AvgIpc) is 3.00. The van der Waals surface area contributed by atoms with Gasteiger partial charge in [0.1, 0.15) is 23.5 Å². The van der Waals surface area contributed by atoms with Crippen LogP contribution in [0.1, 0.15) is 35.9 Å². The summed E-state index contributed by atoms with van der Waals surface area (Å²) >= 11 is 7.33. The fraction of sp³-hybridized carbons (Fsp3) is 0.417. The lowest BCUT2D eigenvalue weighted by Crippen LogP contribution is -2.03. The smallest absolute Gasteiger partial charge is 0.129 e. The molecule has 0 bridgehead atoms. The van der Waals surface area contributed by atoms with E-state index in [-0.39, 0.29) is 6.10 Å². The molecule has 0 spiro atoms. The van der Waals surface area contributed by atoms with Crippen LogP contribution in [0.25, 0.3) is 0 Å². The Kier molecular flexibility index (Phi) is 4.59. The maximum Gasteiger partial charge on any atom is 0.129 e. The van der Waals surface area contributed by atoms with E-state index in [1.165, 1.54) is 0 Å². The van der Waals surface area contributed by atoms with Crippen molar-refractivity contribution in [3.05, 3.63) is 40.2 Å². The lowest BCUT2D eigenvalue weighted by molar-refractivity contribution is 0.0273. The second-order valence-corrected chi connectivity index (χ2v) is 4.75. The maximum absolute atomic E-state index is 5.79. The molecule has 1 atom stereocenters. The van der Waals surface area contributed by atoms with Crippen LogP contribution >= 0.6 is 22.9 Å². The first-order chi connectivity index (χ1) is 8.33. The first kappa shape index (κ1) is 12.6. The van der Waals surface area contributed by atoms with Crippen molar-refractivity contribution >= 4 is 22.9 Å². The Bertz CT molecular complexity index is 441. The molecular formula is C12H14ClNO2S. The summed E-state index contributed by atoms with van der Waals surface area (Å²) in [6, 6.07) is 3.76. The van der Waals surface area contributed by atoms with Crippen LogP contribution in [0.15, 0.2) is 28.2 Å². The molecule has 0 fully saturated rings. The predicted octanol–water partition coefficient (Wildman–Crippen LogP) is 4.14. The Balaban J connectivity index is 1.96. The van der Waals surface area contributed by atoms with Gasteiger partial charge in [-0.3, -0.25) is 0 Å². The van der Waals surface area contributed by atoms with Crippen molar-refractivity contribution in [2.75, 3.05) is 0 Å². The van der Waals surface area contributed by atoms with Gasteiger partial charge in [0.2, 0.25) is 0 Å². The van der Waals surface area contributed by atoms with Crippen molar-refractivity contribution in [3.8, 4) is 0 Å². The van der Waals surface area contributed by atoms with E-state index in [1.807, 2.05) is 17.5 Å². The number of halogens is 1. The first-order valence-electron chi connectivity index (χ1n) is 5.47. The molecule has 0 saturated heterocycles. The molecule has 92 valence electrons. The van der Waals surface area contributed by atoms with Gasteiger partial charge in [0.25, 0.3) is 0 Å². The van der Waals surface area contributed by atoms with E-state index < -0.39 is 0 Å². The van der Waals surface area contributed by atoms with E-state index in [9.17, 15) is 0 Å². The van der Waals surface area contributed by atoms with Crippen LogP contribution in [0.4, 0.5) is 0 Å². The second-order valence-electron chi connectivity index (χ2n) is 3.60. The molecule has 17 heavy (non-hydrogen) atoms. The molecule has 3 nitrogen and oxygen atoms in total. The topological polar surface area (TPSA) is 35.3 Å². The van der Waals surface area contributed by atoms with Crippen molar-refractivity contribution in [1.82, 2.24) is 4.98 Å². The molecule has 0 aliphatic carbocycles. The number of aromatic nitrogens is 1. The molecule has 2 aromatic heterocycles. The molecule has 0 aromatic carbocycles. The Morgan fingerprint density at radius 2 is 2.47 bits per heavy atom. The predicted molar refractivity (Wildman–Crippen MR) is 68.2 cm³/mol. The van der Waals surface area contributed by atoms with Gasteiger partial charge in [0.05, 0.1) is 17.8 Å². The van der Waals surface area contributed by atoms with Gasteiger partial charge in [-0.05, 0) is 18.6 Å². The number of hydrogen-bond acceptors (Lipinski definition) is 4. The van der Waals surface area contributed by atoms with E-state index in [0.29, 0.717) is 12.5 Å². The lowest BCUT2D eigenvalue weighted by Gasteiger charge is -2.12. The molecule has 0 aliphatic rings. The summed E-state index contributed by atoms with van der Waals surface area (Å²) in [6.07, 6.45) is 2.55. The zero-order chi connectivity index (χ0) is 12.1. The van der Waals surface area contributed by atoms with Crippen LogP contribution in [-0.4, -0.2) is 4.98 Å². The summed E-state index contributed by atoms with van der Waals surface area (Å²) in [6.45, 7) is 2.55. The lowest BCUT2D eigenvalue weighted by atomic mass is 10.3. The third kappa shape index (κ3) is 3.31. The minimum Gasteiger partial charge on any atom is -0.467 e. The Morgan fingerprint density at radius 1 is 1.59 bits per heavy atom. The molecule has 0 radical (unpaired) electrons. The van der Waals surface area contributed by atoms with Gasteiger partial charge < -0.3 is 9.15 Å². The van der Waals surface area contributed by atoms with Crippen LogP contribution in [-0.2, 0) is 17.2 Å². The third-order valence-electron chi connectivity index (χ3n) is 2.36. The fourth-order valence-corrected chi connectivity index (χ4v) is 2.65. The second kappa shape index (κ2) is 6.19. The molecule has 2 aromatic rings. The van der Waals surface area contributed by atoms with E-state index in [2.05, 4.69) is 11.9 Å². The summed E-state index contributed by atoms with van der Waals surface area (Å²) in [5, 5.41) is 2.95. The Labute approximate surface area is 109 Å². The number of hydrogen-bond donors (Lipinski definition) is 0. The number of alkyl halides is 1. The van der Waals surface area contributed by atoms with Crippen LogP contribution < -0.4 is 0 Å². The van der Waals surface area contributed by atoms with E-state index >= 15 is 0 Å². The largest absolute Gasteiger partial charge is 0.467 e. The molecule has 0 N–H and O–H groups in total. The number of thiazole rings is 1. The Morgan fingerprint density at radius 3 is 3.06 bits per heavy atom. The van der Waals surface area contributed by atoms with Crippen LogP contribution in [0, 0.1) is 0 Å². The molecule has 2 heterocycles. The van der Waals surface area contributed by atoms with Gasteiger partial charge in [0.15, 0.2) is 0 Å². The highest BCUT2D eigenvalue weighted by molar-refractivity contribution is 7.09. The monoisotopic (exact) mass is 271 g/mol. The number of nitrogens with zero attached hydrogens (tertiary/aromatic N) is 1. The summed E-state index contributed by atoms with van der Waals surface area (Å²) < 4.78 is 11.0. The number of furan rings is 1. The summed E-state index contributed by atoms with van der Waals surface area (Å²) in [7, 11) is 0. The maximum atomic E-state index is 5.79. The van der Waals surface area contributed by atoms with E-state index in [0.717, 1.165) is 22.9 Å². The number of ether oxygens (including phenoxy) is 1. The van der Waals surface area contributed by atoms with Crippen molar-refractivity contribution in [2.24, 2.45) is 0 Å². The summed E-state index contributed by atoms with van der Waals surface area (Å²) in [5.41, 5.74) is 0.909. The van der Waals surface area contributed by atoms with Gasteiger partial charge in [-0.2, -0.15) is 0 Å². The molecule has 2 rings (SSSR count). The first-order valence-corrected chi connectivity index (χ1v) is 6.89. The summed E-state index contributed by atoms with van der Waals surface area (Å²) in [5.74, 6) is 1.28. The molecule has 1 unspecified atom stereocenters. The molecule has 5 heteroatoms. The molecule has 0 aliphatic heterocycles. The van der Waals surface area contributed by atoms with Crippen molar-refractivity contribution in [2.45, 2.75) is 31.9 Å². The number of rotatable bonds is 6. The van der Waals surface area contributed by atoms with Crippen molar-refractivity contribution < 1.29 is 9.15 Å². The fourth-order valence-electron chi connectivity index (χ4n) is 1.47. The third-order valence-corrected chi connectivity index (χ3v) is 3.62. The van der Waals surface area contributed by atoms with Gasteiger partial charge >= 0.3 is 0 Å². The highest BCUT2D eigenvalue weighted by Crippen LogP contribution is 2.26. The van der Waals surface area contributed by atoms with Gasteiger partial charge in [-0.1, -0.05) is 6.92 Å². The SMILES string of the molecule is CCC(OCc1ccco1)c1nc(CCl)cs1. The van der Waals surface area contributed by atoms with Crippen molar-refractivity contribution in [1.29, 1.82) is 0 Å². The molecule has 0 saturated carbocycles. The molecule has 0 amide bonds. The van der Waals surface area contributed by atoms with Crippen molar-refractivity contribution in [3.63, 3.8) is 0 Å². The van der Waals surface area contributed by atoms with E-state index in [4.69, 9.17) is 20.8 Å². The highest BCUT2D eigenvalue weighted by Gasteiger charge is 2.14. The highest BCUT2D eigenvalue weighted by atomic mass is 35.5. The van der Waals surface area contributed by atoms with Gasteiger partial charge in [-0.25, -0.2) is 4.98 Å². The zero-order valence-corrected chi connectivity index (χ0v) is 11.1.